The maximum Gasteiger partial charge on any atom is 0.350 e. The molecule has 1 aromatic rings. The second-order valence-electron chi connectivity index (χ2n) is 4.42. The summed E-state index contributed by atoms with van der Waals surface area (Å²) in [4.78, 5) is 34.1. The van der Waals surface area contributed by atoms with E-state index in [4.69, 9.17) is 0 Å². The van der Waals surface area contributed by atoms with Crippen LogP contribution in [0.1, 0.15) is 20.3 Å². The van der Waals surface area contributed by atoms with Crippen molar-refractivity contribution < 1.29 is 4.92 Å². The topological polar surface area (TPSA) is 87.1 Å². The van der Waals surface area contributed by atoms with Crippen LogP contribution < -0.4 is 11.2 Å². The van der Waals surface area contributed by atoms with Crippen LogP contribution in [-0.2, 0) is 13.1 Å². The molecule has 0 radical (unpaired) electrons. The van der Waals surface area contributed by atoms with Gasteiger partial charge in [-0.25, -0.2) is 4.79 Å². The minimum atomic E-state index is -0.838. The van der Waals surface area contributed by atoms with Crippen molar-refractivity contribution in [3.8, 4) is 0 Å². The van der Waals surface area contributed by atoms with Crippen molar-refractivity contribution in [3.63, 3.8) is 0 Å². The van der Waals surface area contributed by atoms with Crippen molar-refractivity contribution in [2.45, 2.75) is 33.4 Å². The van der Waals surface area contributed by atoms with Crippen LogP contribution in [0.4, 0.5) is 5.69 Å². The molecule has 0 aliphatic carbocycles. The minimum Gasteiger partial charge on any atom is -0.293 e. The molecule has 0 spiro atoms. The Morgan fingerprint density at radius 2 is 2.11 bits per heavy atom. The van der Waals surface area contributed by atoms with Crippen molar-refractivity contribution in [3.05, 3.63) is 37.1 Å². The predicted octanol–water partition coefficient (Wildman–Crippen LogP) is 1.36. The Balaban J connectivity index is 3.45. The lowest BCUT2D eigenvalue weighted by Crippen LogP contribution is -2.41. The van der Waals surface area contributed by atoms with Crippen LogP contribution in [0.2, 0.25) is 0 Å². The van der Waals surface area contributed by atoms with Crippen molar-refractivity contribution in [1.82, 2.24) is 9.13 Å². The molecule has 0 aromatic carbocycles. The van der Waals surface area contributed by atoms with Crippen LogP contribution in [0.3, 0.4) is 0 Å². The first-order valence-electron chi connectivity index (χ1n) is 5.97. The van der Waals surface area contributed by atoms with Crippen LogP contribution >= 0.6 is 15.9 Å². The van der Waals surface area contributed by atoms with Gasteiger partial charge in [-0.1, -0.05) is 29.8 Å². The summed E-state index contributed by atoms with van der Waals surface area (Å²) in [5.41, 5.74) is -1.89. The lowest BCUT2D eigenvalue weighted by atomic mass is 10.2. The van der Waals surface area contributed by atoms with Gasteiger partial charge in [0.25, 0.3) is 0 Å². The average Bonchev–Trinajstić information content (AvgIpc) is 2.37. The Kier molecular flexibility index (Phi) is 5.46. The van der Waals surface area contributed by atoms with Gasteiger partial charge in [0.05, 0.1) is 11.1 Å². The molecule has 1 atom stereocenters. The van der Waals surface area contributed by atoms with E-state index in [1.807, 2.05) is 13.8 Å². The fourth-order valence-electron chi connectivity index (χ4n) is 1.69. The third kappa shape index (κ3) is 3.52. The van der Waals surface area contributed by atoms with Gasteiger partial charge < -0.3 is 0 Å². The van der Waals surface area contributed by atoms with Gasteiger partial charge in [0.1, 0.15) is 0 Å². The Labute approximate surface area is 118 Å². The molecule has 0 saturated heterocycles. The highest BCUT2D eigenvalue weighted by Gasteiger charge is 2.20. The quantitative estimate of drug-likeness (QED) is 0.446. The van der Waals surface area contributed by atoms with Gasteiger partial charge in [0, 0.05) is 18.4 Å². The summed E-state index contributed by atoms with van der Waals surface area (Å²) >= 11 is 3.26. The molecular weight excluding hydrogens is 318 g/mol. The fourth-order valence-corrected chi connectivity index (χ4v) is 1.89. The molecule has 106 valence electrons. The maximum absolute atomic E-state index is 12.1. The third-order valence-corrected chi connectivity index (χ3v) is 3.74. The summed E-state index contributed by atoms with van der Waals surface area (Å²) in [6.07, 6.45) is 1.69. The number of halogens is 1. The maximum atomic E-state index is 12.1. The average molecular weight is 334 g/mol. The highest BCUT2D eigenvalue weighted by molar-refractivity contribution is 9.09. The van der Waals surface area contributed by atoms with E-state index in [0.29, 0.717) is 18.3 Å². The number of hydrogen-bond acceptors (Lipinski definition) is 4. The second-order valence-corrected chi connectivity index (χ2v) is 5.07. The van der Waals surface area contributed by atoms with Gasteiger partial charge in [-0.2, -0.15) is 0 Å². The van der Waals surface area contributed by atoms with E-state index in [0.717, 1.165) is 10.8 Å². The number of aromatic nitrogens is 2. The standard InChI is InChI=1S/C11H16BrN3O4/c1-3-4-13-7-9(15(18)19)10(16)14(11(13)17)6-8(2)5-12/h7-8H,3-6H2,1-2H3. The summed E-state index contributed by atoms with van der Waals surface area (Å²) in [6, 6.07) is 0. The predicted molar refractivity (Wildman–Crippen MR) is 74.9 cm³/mol. The first-order chi connectivity index (χ1) is 8.92. The Bertz CT molecular complexity index is 578. The molecule has 0 aliphatic heterocycles. The van der Waals surface area contributed by atoms with E-state index in [-0.39, 0.29) is 12.5 Å². The van der Waals surface area contributed by atoms with Gasteiger partial charge in [0.15, 0.2) is 0 Å². The van der Waals surface area contributed by atoms with Gasteiger partial charge in [-0.3, -0.25) is 24.0 Å². The molecule has 0 fully saturated rings. The zero-order valence-electron chi connectivity index (χ0n) is 10.8. The summed E-state index contributed by atoms with van der Waals surface area (Å²) < 4.78 is 2.17. The molecule has 0 bridgehead atoms. The molecule has 7 nitrogen and oxygen atoms in total. The highest BCUT2D eigenvalue weighted by Crippen LogP contribution is 2.05. The monoisotopic (exact) mass is 333 g/mol. The van der Waals surface area contributed by atoms with Crippen LogP contribution in [-0.4, -0.2) is 19.4 Å². The van der Waals surface area contributed by atoms with Crippen molar-refractivity contribution in [2.24, 2.45) is 5.92 Å². The largest absolute Gasteiger partial charge is 0.350 e. The van der Waals surface area contributed by atoms with E-state index < -0.39 is 21.9 Å². The Morgan fingerprint density at radius 1 is 1.47 bits per heavy atom. The Hall–Kier alpha value is -1.44. The van der Waals surface area contributed by atoms with E-state index in [2.05, 4.69) is 15.9 Å². The highest BCUT2D eigenvalue weighted by atomic mass is 79.9. The molecule has 0 saturated carbocycles. The van der Waals surface area contributed by atoms with Gasteiger partial charge in [-0.15, -0.1) is 0 Å². The van der Waals surface area contributed by atoms with Crippen LogP contribution in [0.15, 0.2) is 15.8 Å². The lowest BCUT2D eigenvalue weighted by Gasteiger charge is -2.12. The first-order valence-corrected chi connectivity index (χ1v) is 7.09. The zero-order chi connectivity index (χ0) is 14.6. The molecule has 1 rings (SSSR count). The molecule has 19 heavy (non-hydrogen) atoms. The second kappa shape index (κ2) is 6.65. The molecule has 1 unspecified atom stereocenters. The molecule has 8 heteroatoms. The summed E-state index contributed by atoms with van der Waals surface area (Å²) in [5.74, 6) is 0.0301. The number of nitrogens with zero attached hydrogens (tertiary/aromatic N) is 3. The zero-order valence-corrected chi connectivity index (χ0v) is 12.4. The van der Waals surface area contributed by atoms with Crippen LogP contribution in [0.5, 0.6) is 0 Å². The number of rotatable bonds is 6. The molecule has 0 amide bonds. The number of alkyl halides is 1. The Morgan fingerprint density at radius 3 is 2.58 bits per heavy atom. The minimum absolute atomic E-state index is 0.0301. The molecule has 1 heterocycles. The summed E-state index contributed by atoms with van der Waals surface area (Å²) in [6.45, 7) is 4.22. The fraction of sp³-hybridized carbons (Fsp3) is 0.636. The van der Waals surface area contributed by atoms with Gasteiger partial charge in [-0.05, 0) is 12.3 Å². The third-order valence-electron chi connectivity index (χ3n) is 2.64. The van der Waals surface area contributed by atoms with Gasteiger partial charge in [0.2, 0.25) is 0 Å². The molecule has 0 N–H and O–H groups in total. The van der Waals surface area contributed by atoms with E-state index in [1.54, 1.807) is 0 Å². The van der Waals surface area contributed by atoms with E-state index in [1.165, 1.54) is 4.57 Å². The van der Waals surface area contributed by atoms with E-state index >= 15 is 0 Å². The molecule has 1 aromatic heterocycles. The van der Waals surface area contributed by atoms with Crippen molar-refractivity contribution in [1.29, 1.82) is 0 Å². The lowest BCUT2D eigenvalue weighted by molar-refractivity contribution is -0.387. The number of nitro groups is 1. The number of aryl methyl sites for hydroxylation is 1. The SMILES string of the molecule is CCCn1cc([N+](=O)[O-])c(=O)n(CC(C)CBr)c1=O. The molecule has 0 aliphatic rings. The van der Waals surface area contributed by atoms with Crippen molar-refractivity contribution >= 4 is 21.6 Å². The number of hydrogen-bond donors (Lipinski definition) is 0. The van der Waals surface area contributed by atoms with E-state index in [9.17, 15) is 19.7 Å². The van der Waals surface area contributed by atoms with Crippen LogP contribution in [0.25, 0.3) is 0 Å². The van der Waals surface area contributed by atoms with Crippen LogP contribution in [0, 0.1) is 16.0 Å². The van der Waals surface area contributed by atoms with Crippen molar-refractivity contribution in [2.75, 3.05) is 5.33 Å². The normalized spacial score (nSPS) is 12.4. The van der Waals surface area contributed by atoms with Gasteiger partial charge >= 0.3 is 16.9 Å². The summed E-state index contributed by atoms with van der Waals surface area (Å²) in [5, 5.41) is 11.5. The first kappa shape index (κ1) is 15.6. The summed E-state index contributed by atoms with van der Waals surface area (Å²) in [7, 11) is 0. The smallest absolute Gasteiger partial charge is 0.293 e. The molecular formula is C11H16BrN3O4.